The molecule has 1 aromatic carbocycles. The van der Waals surface area contributed by atoms with Gasteiger partial charge in [-0.15, -0.1) is 5.10 Å². The van der Waals surface area contributed by atoms with Gasteiger partial charge in [0.25, 0.3) is 0 Å². The molecule has 1 aliphatic carbocycles. The third-order valence-corrected chi connectivity index (χ3v) is 4.32. The lowest BCUT2D eigenvalue weighted by molar-refractivity contribution is -0.121. The Hall–Kier alpha value is -1.75. The van der Waals surface area contributed by atoms with Crippen LogP contribution in [0.4, 0.5) is 5.82 Å². The molecular weight excluding hydrogens is 258 g/mol. The topological polar surface area (TPSA) is 54.9 Å². The van der Waals surface area contributed by atoms with Crippen LogP contribution < -0.4 is 5.32 Å². The number of carbonyl (C=O) groups excluding carboxylic acids is 1. The number of amides is 1. The molecule has 4 nitrogen and oxygen atoms in total. The van der Waals surface area contributed by atoms with Gasteiger partial charge in [0, 0.05) is 0 Å². The van der Waals surface area contributed by atoms with Crippen LogP contribution in [0, 0.1) is 0 Å². The van der Waals surface area contributed by atoms with Crippen LogP contribution in [0.25, 0.3) is 0 Å². The van der Waals surface area contributed by atoms with Crippen molar-refractivity contribution in [3.05, 3.63) is 41.3 Å². The molecule has 5 heteroatoms. The predicted octanol–water partition coefficient (Wildman–Crippen LogP) is 2.99. The molecule has 0 saturated heterocycles. The summed E-state index contributed by atoms with van der Waals surface area (Å²) in [5.41, 5.74) is 0.707. The van der Waals surface area contributed by atoms with E-state index in [0.29, 0.717) is 5.82 Å². The Morgan fingerprint density at radius 2 is 1.95 bits per heavy atom. The van der Waals surface area contributed by atoms with Gasteiger partial charge in [-0.3, -0.25) is 4.79 Å². The predicted molar refractivity (Wildman–Crippen MR) is 75.1 cm³/mol. The van der Waals surface area contributed by atoms with Crippen molar-refractivity contribution in [1.82, 2.24) is 9.59 Å². The molecule has 1 aliphatic rings. The molecule has 3 rings (SSSR count). The number of rotatable bonds is 3. The van der Waals surface area contributed by atoms with Crippen LogP contribution in [-0.2, 0) is 10.2 Å². The van der Waals surface area contributed by atoms with E-state index in [1.807, 2.05) is 30.3 Å². The highest BCUT2D eigenvalue weighted by molar-refractivity contribution is 7.03. The first-order chi connectivity index (χ1) is 9.31. The Morgan fingerprint density at radius 3 is 2.58 bits per heavy atom. The zero-order valence-corrected chi connectivity index (χ0v) is 11.3. The van der Waals surface area contributed by atoms with Gasteiger partial charge in [0.2, 0.25) is 5.91 Å². The maximum absolute atomic E-state index is 12.7. The summed E-state index contributed by atoms with van der Waals surface area (Å²) in [5, 5.41) is 8.55. The summed E-state index contributed by atoms with van der Waals surface area (Å²) >= 11 is 1.24. The third-order valence-electron chi connectivity index (χ3n) is 3.82. The van der Waals surface area contributed by atoms with Crippen LogP contribution in [0.15, 0.2) is 35.7 Å². The van der Waals surface area contributed by atoms with Crippen LogP contribution in [0.3, 0.4) is 0 Å². The van der Waals surface area contributed by atoms with Crippen molar-refractivity contribution in [3.63, 3.8) is 0 Å². The minimum absolute atomic E-state index is 0.0453. The zero-order chi connectivity index (χ0) is 13.1. The normalized spacial score (nSPS) is 17.3. The number of nitrogens with one attached hydrogen (secondary N) is 1. The second-order valence-corrected chi connectivity index (χ2v) is 5.51. The number of carbonyl (C=O) groups is 1. The lowest BCUT2D eigenvalue weighted by Crippen LogP contribution is -2.38. The van der Waals surface area contributed by atoms with Gasteiger partial charge in [0.1, 0.15) is 0 Å². The van der Waals surface area contributed by atoms with Crippen molar-refractivity contribution in [2.45, 2.75) is 31.1 Å². The average Bonchev–Trinajstić information content (AvgIpc) is 3.11. The fourth-order valence-corrected chi connectivity index (χ4v) is 3.23. The molecule has 1 N–H and O–H groups in total. The van der Waals surface area contributed by atoms with E-state index in [-0.39, 0.29) is 5.91 Å². The van der Waals surface area contributed by atoms with Crippen molar-refractivity contribution in [3.8, 4) is 0 Å². The molecule has 0 spiro atoms. The fourth-order valence-electron chi connectivity index (χ4n) is 2.84. The summed E-state index contributed by atoms with van der Waals surface area (Å²) < 4.78 is 3.77. The zero-order valence-electron chi connectivity index (χ0n) is 10.5. The van der Waals surface area contributed by atoms with E-state index in [1.165, 1.54) is 11.5 Å². The van der Waals surface area contributed by atoms with Gasteiger partial charge in [0.15, 0.2) is 5.82 Å². The molecule has 0 aliphatic heterocycles. The van der Waals surface area contributed by atoms with Crippen molar-refractivity contribution >= 4 is 23.3 Å². The Balaban J connectivity index is 1.90. The lowest BCUT2D eigenvalue weighted by atomic mass is 9.78. The first-order valence-electron chi connectivity index (χ1n) is 6.45. The first kappa shape index (κ1) is 12.3. The first-order valence-corrected chi connectivity index (χ1v) is 7.29. The van der Waals surface area contributed by atoms with E-state index in [4.69, 9.17) is 0 Å². The van der Waals surface area contributed by atoms with Crippen LogP contribution in [-0.4, -0.2) is 15.5 Å². The van der Waals surface area contributed by atoms with Crippen molar-refractivity contribution < 1.29 is 4.79 Å². The third kappa shape index (κ3) is 2.26. The van der Waals surface area contributed by atoms with E-state index >= 15 is 0 Å². The standard InChI is InChI=1S/C14H15N3OS/c18-13(15-12-10-19-17-16-12)14(8-4-5-9-14)11-6-2-1-3-7-11/h1-3,6-7,10H,4-5,8-9H2,(H,15,18). The van der Waals surface area contributed by atoms with E-state index in [2.05, 4.69) is 14.9 Å². The highest BCUT2D eigenvalue weighted by Gasteiger charge is 2.42. The molecule has 98 valence electrons. The molecule has 0 unspecified atom stereocenters. The smallest absolute Gasteiger partial charge is 0.236 e. The number of aromatic nitrogens is 2. The quantitative estimate of drug-likeness (QED) is 0.935. The molecule has 0 bridgehead atoms. The molecular formula is C14H15N3OS. The molecule has 1 aromatic heterocycles. The Kier molecular flexibility index (Phi) is 3.29. The van der Waals surface area contributed by atoms with Gasteiger partial charge in [-0.2, -0.15) is 0 Å². The van der Waals surface area contributed by atoms with Crippen LogP contribution in [0.5, 0.6) is 0 Å². The second kappa shape index (κ2) is 5.09. The van der Waals surface area contributed by atoms with Crippen molar-refractivity contribution in [2.75, 3.05) is 5.32 Å². The van der Waals surface area contributed by atoms with Crippen LogP contribution in [0.2, 0.25) is 0 Å². The maximum Gasteiger partial charge on any atom is 0.236 e. The average molecular weight is 273 g/mol. The molecule has 1 saturated carbocycles. The molecule has 0 radical (unpaired) electrons. The molecule has 0 atom stereocenters. The van der Waals surface area contributed by atoms with E-state index in [9.17, 15) is 4.79 Å². The largest absolute Gasteiger partial charge is 0.308 e. The number of nitrogens with zero attached hydrogens (tertiary/aromatic N) is 2. The van der Waals surface area contributed by atoms with Gasteiger partial charge < -0.3 is 5.32 Å². The molecule has 19 heavy (non-hydrogen) atoms. The number of hydrogen-bond donors (Lipinski definition) is 1. The van der Waals surface area contributed by atoms with E-state index in [1.54, 1.807) is 5.38 Å². The summed E-state index contributed by atoms with van der Waals surface area (Å²) in [5.74, 6) is 0.598. The van der Waals surface area contributed by atoms with Gasteiger partial charge >= 0.3 is 0 Å². The van der Waals surface area contributed by atoms with Crippen molar-refractivity contribution in [2.24, 2.45) is 0 Å². The molecule has 1 fully saturated rings. The van der Waals surface area contributed by atoms with Gasteiger partial charge in [-0.1, -0.05) is 47.7 Å². The van der Waals surface area contributed by atoms with Gasteiger partial charge in [-0.25, -0.2) is 0 Å². The molecule has 1 heterocycles. The van der Waals surface area contributed by atoms with E-state index < -0.39 is 5.41 Å². The van der Waals surface area contributed by atoms with Crippen molar-refractivity contribution in [1.29, 1.82) is 0 Å². The van der Waals surface area contributed by atoms with Gasteiger partial charge in [0.05, 0.1) is 10.8 Å². The number of hydrogen-bond acceptors (Lipinski definition) is 4. The minimum atomic E-state index is -0.398. The maximum atomic E-state index is 12.7. The Bertz CT molecular complexity index is 547. The molecule has 1 amide bonds. The summed E-state index contributed by atoms with van der Waals surface area (Å²) in [6, 6.07) is 10.1. The fraction of sp³-hybridized carbons (Fsp3) is 0.357. The number of anilines is 1. The SMILES string of the molecule is O=C(Nc1csnn1)C1(c2ccccc2)CCCC1. The highest BCUT2D eigenvalue weighted by atomic mass is 32.1. The summed E-state index contributed by atoms with van der Waals surface area (Å²) in [6.07, 6.45) is 4.00. The van der Waals surface area contributed by atoms with E-state index in [0.717, 1.165) is 31.2 Å². The summed E-state index contributed by atoms with van der Waals surface area (Å²) in [4.78, 5) is 12.7. The van der Waals surface area contributed by atoms with Crippen LogP contribution in [0.1, 0.15) is 31.2 Å². The molecule has 2 aromatic rings. The Morgan fingerprint density at radius 1 is 1.21 bits per heavy atom. The minimum Gasteiger partial charge on any atom is -0.308 e. The van der Waals surface area contributed by atoms with Crippen LogP contribution >= 0.6 is 11.5 Å². The lowest BCUT2D eigenvalue weighted by Gasteiger charge is -2.27. The Labute approximate surface area is 116 Å². The summed E-state index contributed by atoms with van der Waals surface area (Å²) in [6.45, 7) is 0. The monoisotopic (exact) mass is 273 g/mol. The second-order valence-electron chi connectivity index (χ2n) is 4.90. The summed E-state index contributed by atoms with van der Waals surface area (Å²) in [7, 11) is 0. The number of benzene rings is 1. The van der Waals surface area contributed by atoms with Gasteiger partial charge in [-0.05, 0) is 29.9 Å². The highest BCUT2D eigenvalue weighted by Crippen LogP contribution is 2.41.